The van der Waals surface area contributed by atoms with Gasteiger partial charge in [-0.25, -0.2) is 0 Å². The Labute approximate surface area is 260 Å². The van der Waals surface area contributed by atoms with Gasteiger partial charge in [-0.2, -0.15) is 10.2 Å². The second-order valence-electron chi connectivity index (χ2n) is 11.5. The molecule has 0 bridgehead atoms. The molecule has 0 fully saturated rings. The molecule has 9 rings (SSSR count). The summed E-state index contributed by atoms with van der Waals surface area (Å²) in [5.74, 6) is 0. The van der Waals surface area contributed by atoms with E-state index in [2.05, 4.69) is 166 Å². The molecule has 2 aromatic heterocycles. The van der Waals surface area contributed by atoms with Gasteiger partial charge in [-0.05, 0) is 74.5 Å². The first-order valence-corrected chi connectivity index (χ1v) is 15.2. The number of nitrogens with zero attached hydrogens (tertiary/aromatic N) is 3. The Balaban J connectivity index is 1.28. The molecule has 0 saturated heterocycles. The summed E-state index contributed by atoms with van der Waals surface area (Å²) >= 11 is 0. The summed E-state index contributed by atoms with van der Waals surface area (Å²) in [5, 5.41) is 15.8. The van der Waals surface area contributed by atoms with Crippen molar-refractivity contribution in [3.8, 4) is 39.1 Å². The second kappa shape index (κ2) is 10.3. The van der Waals surface area contributed by atoms with Gasteiger partial charge in [0.15, 0.2) is 0 Å². The lowest BCUT2D eigenvalue weighted by Crippen LogP contribution is -1.97. The normalized spacial score (nSPS) is 11.6. The maximum Gasteiger partial charge on any atom is 0.0596 e. The van der Waals surface area contributed by atoms with Gasteiger partial charge in [0, 0.05) is 21.5 Å². The lowest BCUT2D eigenvalue weighted by molar-refractivity contribution is 1.05. The molecule has 0 aliphatic heterocycles. The smallest absolute Gasteiger partial charge is 0.0596 e. The second-order valence-corrected chi connectivity index (χ2v) is 11.5. The lowest BCUT2D eigenvalue weighted by Gasteiger charge is -2.15. The van der Waals surface area contributed by atoms with E-state index in [-0.39, 0.29) is 0 Å². The molecule has 0 N–H and O–H groups in total. The zero-order valence-electron chi connectivity index (χ0n) is 24.4. The molecule has 0 unspecified atom stereocenters. The monoisotopic (exact) mass is 573 g/mol. The van der Waals surface area contributed by atoms with E-state index in [9.17, 15) is 0 Å². The fourth-order valence-corrected chi connectivity index (χ4v) is 6.78. The highest BCUT2D eigenvalue weighted by molar-refractivity contribution is 6.15. The Hall–Kier alpha value is -6.06. The van der Waals surface area contributed by atoms with Crippen molar-refractivity contribution in [3.63, 3.8) is 0 Å². The number of benzene rings is 7. The number of fused-ring (bicyclic) bond motifs is 5. The highest BCUT2D eigenvalue weighted by atomic mass is 15.1. The summed E-state index contributed by atoms with van der Waals surface area (Å²) in [6, 6.07) is 54.5. The molecule has 210 valence electrons. The molecule has 45 heavy (non-hydrogen) atoms. The average Bonchev–Trinajstić information content (AvgIpc) is 3.43. The van der Waals surface area contributed by atoms with Crippen LogP contribution in [0.5, 0.6) is 0 Å². The number of hydrogen-bond acceptors (Lipinski definition) is 2. The molecule has 9 aromatic rings. The highest BCUT2D eigenvalue weighted by Gasteiger charge is 2.18. The highest BCUT2D eigenvalue weighted by Crippen LogP contribution is 2.40. The van der Waals surface area contributed by atoms with Crippen LogP contribution in [0.2, 0.25) is 0 Å². The van der Waals surface area contributed by atoms with Crippen molar-refractivity contribution >= 4 is 43.4 Å². The van der Waals surface area contributed by atoms with Crippen LogP contribution in [-0.2, 0) is 0 Å². The minimum atomic E-state index is 1.06. The summed E-state index contributed by atoms with van der Waals surface area (Å²) in [7, 11) is 0. The summed E-state index contributed by atoms with van der Waals surface area (Å²) in [4.78, 5) is 0. The fraction of sp³-hybridized carbons (Fsp3) is 0. The van der Waals surface area contributed by atoms with Crippen molar-refractivity contribution in [1.82, 2.24) is 14.8 Å². The summed E-state index contributed by atoms with van der Waals surface area (Å²) < 4.78 is 2.40. The van der Waals surface area contributed by atoms with E-state index < -0.39 is 0 Å². The maximum absolute atomic E-state index is 4.37. The Morgan fingerprint density at radius 1 is 0.356 bits per heavy atom. The Morgan fingerprint density at radius 3 is 1.64 bits per heavy atom. The van der Waals surface area contributed by atoms with E-state index in [4.69, 9.17) is 0 Å². The minimum absolute atomic E-state index is 1.06. The molecule has 3 nitrogen and oxygen atoms in total. The van der Waals surface area contributed by atoms with Crippen molar-refractivity contribution in [2.75, 3.05) is 0 Å². The SMILES string of the molecule is c1ccc(-c2ccc(-c3ccc(-n4c5ccc(-c6ccccc6)cc5c5cc6ccccc6cc54)c4cnncc34)cc2)cc1. The third-order valence-electron chi connectivity index (χ3n) is 8.99. The maximum atomic E-state index is 4.37. The van der Waals surface area contributed by atoms with E-state index >= 15 is 0 Å². The first kappa shape index (κ1) is 25.4. The van der Waals surface area contributed by atoms with Crippen molar-refractivity contribution < 1.29 is 0 Å². The molecule has 0 amide bonds. The molecule has 3 heteroatoms. The number of aromatic nitrogens is 3. The van der Waals surface area contributed by atoms with Crippen LogP contribution in [0.1, 0.15) is 0 Å². The van der Waals surface area contributed by atoms with Crippen LogP contribution in [0.4, 0.5) is 0 Å². The first-order chi connectivity index (χ1) is 22.3. The molecule has 0 saturated carbocycles. The Bertz CT molecular complexity index is 2510. The van der Waals surface area contributed by atoms with Gasteiger partial charge in [0.2, 0.25) is 0 Å². The van der Waals surface area contributed by atoms with Crippen LogP contribution in [0, 0.1) is 0 Å². The molecule has 0 aliphatic carbocycles. The third-order valence-corrected chi connectivity index (χ3v) is 8.99. The van der Waals surface area contributed by atoms with Gasteiger partial charge in [0.1, 0.15) is 0 Å². The zero-order valence-corrected chi connectivity index (χ0v) is 24.4. The summed E-state index contributed by atoms with van der Waals surface area (Å²) in [6.45, 7) is 0. The topological polar surface area (TPSA) is 30.7 Å². The predicted molar refractivity (Wildman–Crippen MR) is 188 cm³/mol. The van der Waals surface area contributed by atoms with E-state index in [0.717, 1.165) is 33.1 Å². The molecule has 2 heterocycles. The molecule has 0 spiro atoms. The van der Waals surface area contributed by atoms with Gasteiger partial charge in [-0.1, -0.05) is 121 Å². The molecular weight excluding hydrogens is 546 g/mol. The van der Waals surface area contributed by atoms with Gasteiger partial charge < -0.3 is 4.57 Å². The first-order valence-electron chi connectivity index (χ1n) is 15.2. The molecule has 0 radical (unpaired) electrons. The fourth-order valence-electron chi connectivity index (χ4n) is 6.78. The number of rotatable bonds is 4. The zero-order chi connectivity index (χ0) is 29.7. The van der Waals surface area contributed by atoms with Crippen LogP contribution in [0.25, 0.3) is 82.4 Å². The third kappa shape index (κ3) is 4.21. The van der Waals surface area contributed by atoms with E-state index in [1.165, 1.54) is 49.3 Å². The van der Waals surface area contributed by atoms with Crippen molar-refractivity contribution in [2.24, 2.45) is 0 Å². The Kier molecular flexibility index (Phi) is 5.82. The largest absolute Gasteiger partial charge is 0.309 e. The van der Waals surface area contributed by atoms with Crippen molar-refractivity contribution in [2.45, 2.75) is 0 Å². The quantitative estimate of drug-likeness (QED) is 0.210. The van der Waals surface area contributed by atoms with Crippen LogP contribution in [0.15, 0.2) is 164 Å². The van der Waals surface area contributed by atoms with Crippen LogP contribution in [0.3, 0.4) is 0 Å². The Morgan fingerprint density at radius 2 is 0.911 bits per heavy atom. The van der Waals surface area contributed by atoms with Gasteiger partial charge >= 0.3 is 0 Å². The van der Waals surface area contributed by atoms with E-state index in [0.29, 0.717) is 0 Å². The van der Waals surface area contributed by atoms with Crippen LogP contribution >= 0.6 is 0 Å². The van der Waals surface area contributed by atoms with Crippen molar-refractivity contribution in [1.29, 1.82) is 0 Å². The van der Waals surface area contributed by atoms with Crippen LogP contribution in [-0.4, -0.2) is 14.8 Å². The average molecular weight is 574 g/mol. The van der Waals surface area contributed by atoms with Crippen molar-refractivity contribution in [3.05, 3.63) is 164 Å². The molecule has 7 aromatic carbocycles. The van der Waals surface area contributed by atoms with Crippen LogP contribution < -0.4 is 0 Å². The standard InChI is InChI=1S/C42H27N3/c1-3-9-28(10-4-1)30-15-17-31(18-16-30)35-20-22-41(39-27-44-43-26-38(35)39)45-40-21-19-34(29-11-5-2-6-12-29)24-36(40)37-23-32-13-7-8-14-33(32)25-42(37)45/h1-27H. The van der Waals surface area contributed by atoms with Gasteiger partial charge in [0.25, 0.3) is 0 Å². The van der Waals surface area contributed by atoms with Gasteiger partial charge in [-0.15, -0.1) is 0 Å². The van der Waals surface area contributed by atoms with Gasteiger partial charge in [-0.3, -0.25) is 0 Å². The number of hydrogen-bond donors (Lipinski definition) is 0. The predicted octanol–water partition coefficient (Wildman–Crippen LogP) is 10.9. The molecular formula is C42H27N3. The van der Waals surface area contributed by atoms with E-state index in [1.807, 2.05) is 12.4 Å². The molecule has 0 aliphatic rings. The van der Waals surface area contributed by atoms with Gasteiger partial charge in [0.05, 0.1) is 29.1 Å². The molecule has 0 atom stereocenters. The summed E-state index contributed by atoms with van der Waals surface area (Å²) in [5.41, 5.74) is 10.6. The minimum Gasteiger partial charge on any atom is -0.309 e. The lowest BCUT2D eigenvalue weighted by atomic mass is 9.96. The van der Waals surface area contributed by atoms with E-state index in [1.54, 1.807) is 0 Å². The summed E-state index contributed by atoms with van der Waals surface area (Å²) in [6.07, 6.45) is 3.81.